The summed E-state index contributed by atoms with van der Waals surface area (Å²) < 4.78 is 7.78. The lowest BCUT2D eigenvalue weighted by atomic mass is 10.2. The number of aryl methyl sites for hydroxylation is 1. The van der Waals surface area contributed by atoms with Crippen molar-refractivity contribution in [2.24, 2.45) is 7.05 Å². The van der Waals surface area contributed by atoms with Crippen molar-refractivity contribution in [3.63, 3.8) is 0 Å². The van der Waals surface area contributed by atoms with Crippen LogP contribution in [0.3, 0.4) is 0 Å². The van der Waals surface area contributed by atoms with Crippen LogP contribution >= 0.6 is 0 Å². The first-order chi connectivity index (χ1) is 10.1. The maximum Gasteiger partial charge on any atom is 0.330 e. The lowest BCUT2D eigenvalue weighted by Gasteiger charge is -2.14. The summed E-state index contributed by atoms with van der Waals surface area (Å²) in [5.41, 5.74) is 0.288. The number of hydrogen-bond acceptors (Lipinski definition) is 5. The standard InChI is InChI=1S/C13H16N4O4/c1-16-12(17-5-3-4-6-17)9(7-14-16)11(19)15-10(8-18)13(20)21-2/h3-7,10,18H,8H2,1-2H3,(H,15,19). The first-order valence-electron chi connectivity index (χ1n) is 6.23. The number of rotatable bonds is 5. The Hall–Kier alpha value is -2.61. The quantitative estimate of drug-likeness (QED) is 0.722. The predicted octanol–water partition coefficient (Wildman–Crippen LogP) is -0.525. The number of carbonyl (C=O) groups is 2. The highest BCUT2D eigenvalue weighted by molar-refractivity contribution is 5.99. The molecule has 1 unspecified atom stereocenters. The largest absolute Gasteiger partial charge is 0.467 e. The molecule has 1 amide bonds. The predicted molar refractivity (Wildman–Crippen MR) is 72.9 cm³/mol. The van der Waals surface area contributed by atoms with Crippen LogP contribution in [-0.4, -0.2) is 51.1 Å². The third-order valence-electron chi connectivity index (χ3n) is 2.97. The van der Waals surface area contributed by atoms with Gasteiger partial charge < -0.3 is 19.7 Å². The van der Waals surface area contributed by atoms with E-state index in [-0.39, 0.29) is 5.56 Å². The van der Waals surface area contributed by atoms with Crippen molar-refractivity contribution in [2.45, 2.75) is 6.04 Å². The van der Waals surface area contributed by atoms with Gasteiger partial charge in [0.2, 0.25) is 0 Å². The summed E-state index contributed by atoms with van der Waals surface area (Å²) in [4.78, 5) is 23.7. The lowest BCUT2D eigenvalue weighted by Crippen LogP contribution is -2.44. The molecule has 0 spiro atoms. The molecule has 8 nitrogen and oxygen atoms in total. The summed E-state index contributed by atoms with van der Waals surface area (Å²) in [5.74, 6) is -0.674. The molecule has 1 atom stereocenters. The molecule has 21 heavy (non-hydrogen) atoms. The Labute approximate surface area is 120 Å². The van der Waals surface area contributed by atoms with Crippen LogP contribution in [0.25, 0.3) is 5.82 Å². The van der Waals surface area contributed by atoms with Gasteiger partial charge in [0.1, 0.15) is 11.4 Å². The summed E-state index contributed by atoms with van der Waals surface area (Å²) >= 11 is 0. The van der Waals surface area contributed by atoms with E-state index in [1.165, 1.54) is 13.3 Å². The maximum absolute atomic E-state index is 12.3. The third-order valence-corrected chi connectivity index (χ3v) is 2.97. The van der Waals surface area contributed by atoms with Crippen molar-refractivity contribution in [1.29, 1.82) is 0 Å². The number of ether oxygens (including phenoxy) is 1. The fourth-order valence-corrected chi connectivity index (χ4v) is 1.93. The zero-order valence-corrected chi connectivity index (χ0v) is 11.7. The van der Waals surface area contributed by atoms with Gasteiger partial charge in [-0.3, -0.25) is 9.48 Å². The fraction of sp³-hybridized carbons (Fsp3) is 0.308. The molecule has 8 heteroatoms. The van der Waals surface area contributed by atoms with Crippen molar-refractivity contribution in [3.8, 4) is 5.82 Å². The molecule has 0 fully saturated rings. The van der Waals surface area contributed by atoms with E-state index >= 15 is 0 Å². The van der Waals surface area contributed by atoms with Gasteiger partial charge in [-0.25, -0.2) is 4.79 Å². The molecular formula is C13H16N4O4. The van der Waals surface area contributed by atoms with E-state index < -0.39 is 24.5 Å². The molecule has 2 N–H and O–H groups in total. The van der Waals surface area contributed by atoms with Crippen molar-refractivity contribution >= 4 is 11.9 Å². The van der Waals surface area contributed by atoms with Gasteiger partial charge in [0.25, 0.3) is 5.91 Å². The number of nitrogens with one attached hydrogen (secondary N) is 1. The number of methoxy groups -OCH3 is 1. The highest BCUT2D eigenvalue weighted by Crippen LogP contribution is 2.14. The normalized spacial score (nSPS) is 12.0. The number of carbonyl (C=O) groups excluding carboxylic acids is 2. The van der Waals surface area contributed by atoms with Gasteiger partial charge in [0.05, 0.1) is 19.9 Å². The monoisotopic (exact) mass is 292 g/mol. The molecule has 0 aliphatic rings. The second-order valence-corrected chi connectivity index (χ2v) is 4.33. The average Bonchev–Trinajstić information content (AvgIpc) is 3.12. The number of aromatic nitrogens is 3. The van der Waals surface area contributed by atoms with Crippen LogP contribution < -0.4 is 5.32 Å². The van der Waals surface area contributed by atoms with Crippen LogP contribution in [0, 0.1) is 0 Å². The van der Waals surface area contributed by atoms with E-state index in [9.17, 15) is 9.59 Å². The Morgan fingerprint density at radius 2 is 2.10 bits per heavy atom. The molecule has 0 aromatic carbocycles. The van der Waals surface area contributed by atoms with Gasteiger partial charge in [-0.1, -0.05) is 0 Å². The van der Waals surface area contributed by atoms with Crippen LogP contribution in [-0.2, 0) is 16.6 Å². The Balaban J connectivity index is 2.27. The van der Waals surface area contributed by atoms with Crippen LogP contribution in [0.15, 0.2) is 30.7 Å². The van der Waals surface area contributed by atoms with Gasteiger partial charge in [-0.15, -0.1) is 0 Å². The second-order valence-electron chi connectivity index (χ2n) is 4.33. The molecule has 0 saturated heterocycles. The molecule has 2 rings (SSSR count). The van der Waals surface area contributed by atoms with Gasteiger partial charge in [0, 0.05) is 19.4 Å². The lowest BCUT2D eigenvalue weighted by molar-refractivity contribution is -0.143. The number of hydrogen-bond donors (Lipinski definition) is 2. The molecule has 0 bridgehead atoms. The molecule has 0 aliphatic carbocycles. The van der Waals surface area contributed by atoms with Crippen LogP contribution in [0.1, 0.15) is 10.4 Å². The zero-order valence-electron chi connectivity index (χ0n) is 11.7. The topological polar surface area (TPSA) is 98.4 Å². The third kappa shape index (κ3) is 2.95. The summed E-state index contributed by atoms with van der Waals surface area (Å²) in [6, 6.07) is 2.53. The number of esters is 1. The summed E-state index contributed by atoms with van der Waals surface area (Å²) in [5, 5.41) is 15.6. The molecular weight excluding hydrogens is 276 g/mol. The zero-order chi connectivity index (χ0) is 15.4. The van der Waals surface area contributed by atoms with Gasteiger partial charge in [-0.05, 0) is 12.1 Å². The van der Waals surface area contributed by atoms with E-state index in [1.54, 1.807) is 28.7 Å². The first kappa shape index (κ1) is 14.8. The van der Waals surface area contributed by atoms with Crippen LogP contribution in [0.2, 0.25) is 0 Å². The summed E-state index contributed by atoms with van der Waals surface area (Å²) in [6.07, 6.45) is 4.95. The second kappa shape index (κ2) is 6.23. The van der Waals surface area contributed by atoms with E-state index in [0.29, 0.717) is 5.82 Å². The molecule has 0 saturated carbocycles. The Kier molecular flexibility index (Phi) is 4.39. The summed E-state index contributed by atoms with van der Waals surface area (Å²) in [6.45, 7) is -0.544. The van der Waals surface area contributed by atoms with Crippen molar-refractivity contribution in [2.75, 3.05) is 13.7 Å². The van der Waals surface area contributed by atoms with E-state index in [1.807, 2.05) is 12.1 Å². The summed E-state index contributed by atoms with van der Waals surface area (Å²) in [7, 11) is 2.89. The van der Waals surface area contributed by atoms with E-state index in [4.69, 9.17) is 5.11 Å². The minimum Gasteiger partial charge on any atom is -0.467 e. The number of aliphatic hydroxyl groups excluding tert-OH is 1. The smallest absolute Gasteiger partial charge is 0.330 e. The minimum atomic E-state index is -1.11. The van der Waals surface area contributed by atoms with Crippen LogP contribution in [0.4, 0.5) is 0 Å². The highest BCUT2D eigenvalue weighted by atomic mass is 16.5. The number of amides is 1. The van der Waals surface area contributed by atoms with Gasteiger partial charge in [0.15, 0.2) is 6.04 Å². The number of aliphatic hydroxyl groups is 1. The van der Waals surface area contributed by atoms with Gasteiger partial charge in [-0.2, -0.15) is 5.10 Å². The molecule has 2 aromatic heterocycles. The Bertz CT molecular complexity index is 633. The average molecular weight is 292 g/mol. The van der Waals surface area contributed by atoms with Crippen LogP contribution in [0.5, 0.6) is 0 Å². The maximum atomic E-state index is 12.3. The molecule has 0 aliphatic heterocycles. The van der Waals surface area contributed by atoms with Crippen molar-refractivity contribution < 1.29 is 19.4 Å². The van der Waals surface area contributed by atoms with Crippen molar-refractivity contribution in [1.82, 2.24) is 19.7 Å². The molecule has 112 valence electrons. The van der Waals surface area contributed by atoms with E-state index in [2.05, 4.69) is 15.2 Å². The molecule has 2 heterocycles. The van der Waals surface area contributed by atoms with E-state index in [0.717, 1.165) is 0 Å². The SMILES string of the molecule is COC(=O)C(CO)NC(=O)c1cnn(C)c1-n1cccc1. The molecule has 0 radical (unpaired) electrons. The first-order valence-corrected chi connectivity index (χ1v) is 6.23. The minimum absolute atomic E-state index is 0.288. The van der Waals surface area contributed by atoms with Crippen molar-refractivity contribution in [3.05, 3.63) is 36.3 Å². The Morgan fingerprint density at radius 1 is 1.43 bits per heavy atom. The fourth-order valence-electron chi connectivity index (χ4n) is 1.93. The molecule has 2 aromatic rings. The Morgan fingerprint density at radius 3 is 2.67 bits per heavy atom. The van der Waals surface area contributed by atoms with Gasteiger partial charge >= 0.3 is 5.97 Å². The highest BCUT2D eigenvalue weighted by Gasteiger charge is 2.24. The number of nitrogens with zero attached hydrogens (tertiary/aromatic N) is 3.